The van der Waals surface area contributed by atoms with Crippen LogP contribution in [-0.2, 0) is 6.61 Å². The number of rotatable bonds is 7. The van der Waals surface area contributed by atoms with E-state index in [-0.39, 0.29) is 5.91 Å². The Hall–Kier alpha value is -1.52. The van der Waals surface area contributed by atoms with Gasteiger partial charge in [-0.2, -0.15) is 0 Å². The molecule has 1 aromatic carbocycles. The lowest BCUT2D eigenvalue weighted by Crippen LogP contribution is -2.23. The first-order chi connectivity index (χ1) is 10.6. The average molecular weight is 338 g/mol. The van der Waals surface area contributed by atoms with Crippen LogP contribution in [0.2, 0.25) is 5.02 Å². The number of hydrogen-bond donors (Lipinski definition) is 1. The van der Waals surface area contributed by atoms with Crippen molar-refractivity contribution in [3.63, 3.8) is 0 Å². The molecule has 0 unspecified atom stereocenters. The van der Waals surface area contributed by atoms with E-state index in [0.29, 0.717) is 11.6 Å². The fourth-order valence-electron chi connectivity index (χ4n) is 1.97. The van der Waals surface area contributed by atoms with Gasteiger partial charge in [0, 0.05) is 17.1 Å². The van der Waals surface area contributed by atoms with E-state index in [1.807, 2.05) is 36.6 Å². The molecule has 3 nitrogen and oxygen atoms in total. The molecule has 5 heteroatoms. The van der Waals surface area contributed by atoms with E-state index in [1.165, 1.54) is 11.3 Å². The minimum absolute atomic E-state index is 0.00706. The molecule has 2 rings (SSSR count). The second kappa shape index (κ2) is 8.20. The van der Waals surface area contributed by atoms with Crippen LogP contribution in [0, 0.1) is 6.92 Å². The van der Waals surface area contributed by atoms with E-state index in [1.54, 1.807) is 0 Å². The Morgan fingerprint density at radius 3 is 2.91 bits per heavy atom. The van der Waals surface area contributed by atoms with Crippen molar-refractivity contribution in [3.8, 4) is 5.75 Å². The summed E-state index contributed by atoms with van der Waals surface area (Å²) in [4.78, 5) is 12.7. The smallest absolute Gasteiger partial charge is 0.261 e. The van der Waals surface area contributed by atoms with E-state index in [2.05, 4.69) is 12.2 Å². The van der Waals surface area contributed by atoms with Crippen LogP contribution in [0.15, 0.2) is 29.6 Å². The number of nitrogens with one attached hydrogen (secondary N) is 1. The molecule has 22 heavy (non-hydrogen) atoms. The summed E-state index contributed by atoms with van der Waals surface area (Å²) in [5, 5.41) is 5.58. The third-order valence-electron chi connectivity index (χ3n) is 3.22. The SMILES string of the molecule is CCCCNC(=O)c1cc(COc2ccc(Cl)cc2C)cs1. The van der Waals surface area contributed by atoms with Gasteiger partial charge in [0.1, 0.15) is 12.4 Å². The van der Waals surface area contributed by atoms with Crippen molar-refractivity contribution >= 4 is 28.8 Å². The van der Waals surface area contributed by atoms with Gasteiger partial charge in [-0.05, 0) is 48.6 Å². The quantitative estimate of drug-likeness (QED) is 0.736. The summed E-state index contributed by atoms with van der Waals surface area (Å²) < 4.78 is 5.79. The highest BCUT2D eigenvalue weighted by Gasteiger charge is 2.09. The van der Waals surface area contributed by atoms with Crippen molar-refractivity contribution in [1.82, 2.24) is 5.32 Å². The van der Waals surface area contributed by atoms with Gasteiger partial charge in [-0.15, -0.1) is 11.3 Å². The van der Waals surface area contributed by atoms with Gasteiger partial charge in [-0.1, -0.05) is 24.9 Å². The lowest BCUT2D eigenvalue weighted by Gasteiger charge is -2.08. The Labute approximate surface area is 140 Å². The highest BCUT2D eigenvalue weighted by Crippen LogP contribution is 2.23. The number of aryl methyl sites for hydroxylation is 1. The monoisotopic (exact) mass is 337 g/mol. The number of amides is 1. The lowest BCUT2D eigenvalue weighted by atomic mass is 10.2. The second-order valence-electron chi connectivity index (χ2n) is 5.13. The lowest BCUT2D eigenvalue weighted by molar-refractivity contribution is 0.0957. The zero-order chi connectivity index (χ0) is 15.9. The van der Waals surface area contributed by atoms with E-state index in [9.17, 15) is 4.79 Å². The summed E-state index contributed by atoms with van der Waals surface area (Å²) >= 11 is 7.37. The minimum atomic E-state index is -0.00706. The Morgan fingerprint density at radius 2 is 2.18 bits per heavy atom. The van der Waals surface area contributed by atoms with Gasteiger partial charge in [-0.3, -0.25) is 4.79 Å². The first-order valence-corrected chi connectivity index (χ1v) is 8.60. The molecule has 0 atom stereocenters. The molecule has 1 amide bonds. The highest BCUT2D eigenvalue weighted by atomic mass is 35.5. The molecule has 0 saturated carbocycles. The number of carbonyl (C=O) groups is 1. The summed E-state index contributed by atoms with van der Waals surface area (Å²) in [6, 6.07) is 7.43. The molecule has 1 heterocycles. The largest absolute Gasteiger partial charge is 0.489 e. The van der Waals surface area contributed by atoms with Crippen molar-refractivity contribution in [3.05, 3.63) is 50.7 Å². The van der Waals surface area contributed by atoms with Gasteiger partial charge in [0.15, 0.2) is 0 Å². The number of halogens is 1. The Kier molecular flexibility index (Phi) is 6.28. The van der Waals surface area contributed by atoms with Gasteiger partial charge in [0.25, 0.3) is 5.91 Å². The van der Waals surface area contributed by atoms with Crippen molar-refractivity contribution in [2.45, 2.75) is 33.3 Å². The normalized spacial score (nSPS) is 10.5. The molecule has 0 aliphatic heterocycles. The number of ether oxygens (including phenoxy) is 1. The Balaban J connectivity index is 1.90. The van der Waals surface area contributed by atoms with Gasteiger partial charge in [0.2, 0.25) is 0 Å². The number of thiophene rings is 1. The molecule has 0 spiro atoms. The predicted molar refractivity (Wildman–Crippen MR) is 92.1 cm³/mol. The maximum Gasteiger partial charge on any atom is 0.261 e. The average Bonchev–Trinajstić information content (AvgIpc) is 2.95. The fourth-order valence-corrected chi connectivity index (χ4v) is 3.01. The maximum atomic E-state index is 11.9. The molecule has 0 aliphatic rings. The highest BCUT2D eigenvalue weighted by molar-refractivity contribution is 7.12. The third kappa shape index (κ3) is 4.75. The fraction of sp³-hybridized carbons (Fsp3) is 0.353. The van der Waals surface area contributed by atoms with Crippen LogP contribution in [0.25, 0.3) is 0 Å². The number of hydrogen-bond acceptors (Lipinski definition) is 3. The third-order valence-corrected chi connectivity index (χ3v) is 4.44. The predicted octanol–water partition coefficient (Wildman–Crippen LogP) is 4.82. The van der Waals surface area contributed by atoms with Crippen molar-refractivity contribution in [2.75, 3.05) is 6.54 Å². The van der Waals surface area contributed by atoms with Crippen molar-refractivity contribution in [2.24, 2.45) is 0 Å². The van der Waals surface area contributed by atoms with Crippen LogP contribution in [0.1, 0.15) is 40.6 Å². The van der Waals surface area contributed by atoms with Gasteiger partial charge in [0.05, 0.1) is 4.88 Å². The van der Waals surface area contributed by atoms with Crippen LogP contribution < -0.4 is 10.1 Å². The van der Waals surface area contributed by atoms with Gasteiger partial charge >= 0.3 is 0 Å². The molecule has 0 saturated heterocycles. The zero-order valence-electron chi connectivity index (χ0n) is 12.8. The summed E-state index contributed by atoms with van der Waals surface area (Å²) in [7, 11) is 0. The second-order valence-corrected chi connectivity index (χ2v) is 6.47. The van der Waals surface area contributed by atoms with E-state index < -0.39 is 0 Å². The summed E-state index contributed by atoms with van der Waals surface area (Å²) in [5.41, 5.74) is 2.00. The van der Waals surface area contributed by atoms with Gasteiger partial charge in [-0.25, -0.2) is 0 Å². The van der Waals surface area contributed by atoms with Crippen molar-refractivity contribution in [1.29, 1.82) is 0 Å². The number of carbonyl (C=O) groups excluding carboxylic acids is 1. The van der Waals surface area contributed by atoms with E-state index >= 15 is 0 Å². The molecular weight excluding hydrogens is 318 g/mol. The first-order valence-electron chi connectivity index (χ1n) is 7.34. The molecular formula is C17H20ClNO2S. The maximum absolute atomic E-state index is 11.9. The number of unbranched alkanes of at least 4 members (excludes halogenated alkanes) is 1. The minimum Gasteiger partial charge on any atom is -0.489 e. The Bertz CT molecular complexity index is 639. The Morgan fingerprint density at radius 1 is 1.36 bits per heavy atom. The van der Waals surface area contributed by atoms with Crippen LogP contribution >= 0.6 is 22.9 Å². The van der Waals surface area contributed by atoms with Crippen LogP contribution in [0.3, 0.4) is 0 Å². The molecule has 2 aromatic rings. The summed E-state index contributed by atoms with van der Waals surface area (Å²) in [5.74, 6) is 0.803. The molecule has 1 aromatic heterocycles. The van der Waals surface area contributed by atoms with Crippen molar-refractivity contribution < 1.29 is 9.53 Å². The molecule has 0 aliphatic carbocycles. The molecule has 0 bridgehead atoms. The van der Waals surface area contributed by atoms with Crippen LogP contribution in [0.5, 0.6) is 5.75 Å². The van der Waals surface area contributed by atoms with Crippen LogP contribution in [0.4, 0.5) is 0 Å². The van der Waals surface area contributed by atoms with Crippen LogP contribution in [-0.4, -0.2) is 12.5 Å². The van der Waals surface area contributed by atoms with Gasteiger partial charge < -0.3 is 10.1 Å². The molecule has 1 N–H and O–H groups in total. The van der Waals surface area contributed by atoms with E-state index in [0.717, 1.165) is 41.1 Å². The number of benzene rings is 1. The summed E-state index contributed by atoms with van der Waals surface area (Å²) in [6.07, 6.45) is 2.08. The standard InChI is InChI=1S/C17H20ClNO2S/c1-3-4-7-19-17(20)16-9-13(11-22-16)10-21-15-6-5-14(18)8-12(15)2/h5-6,8-9,11H,3-4,7,10H2,1-2H3,(H,19,20). The molecule has 118 valence electrons. The zero-order valence-corrected chi connectivity index (χ0v) is 14.4. The molecule has 0 radical (unpaired) electrons. The molecule has 0 fully saturated rings. The topological polar surface area (TPSA) is 38.3 Å². The van der Waals surface area contributed by atoms with E-state index in [4.69, 9.17) is 16.3 Å². The summed E-state index contributed by atoms with van der Waals surface area (Å²) in [6.45, 7) is 5.23. The first kappa shape index (κ1) is 16.8.